The summed E-state index contributed by atoms with van der Waals surface area (Å²) in [5, 5.41) is 11.5. The van der Waals surface area contributed by atoms with Crippen LogP contribution in [-0.2, 0) is 21.5 Å². The van der Waals surface area contributed by atoms with Gasteiger partial charge in [0.15, 0.2) is 0 Å². The van der Waals surface area contributed by atoms with E-state index in [0.29, 0.717) is 31.3 Å². The molecule has 4 heterocycles. The molecule has 0 bridgehead atoms. The minimum Gasteiger partial charge on any atom is -0.423 e. The summed E-state index contributed by atoms with van der Waals surface area (Å²) < 4.78 is 5.67. The van der Waals surface area contributed by atoms with Gasteiger partial charge in [0.05, 0.1) is 0 Å². The Labute approximate surface area is 192 Å². The summed E-state index contributed by atoms with van der Waals surface area (Å²) in [7, 11) is 1.81. The van der Waals surface area contributed by atoms with Crippen molar-refractivity contribution in [3.63, 3.8) is 0 Å². The minimum atomic E-state index is -0.512. The number of likely N-dealkylation sites (tertiary alicyclic amines) is 1. The van der Waals surface area contributed by atoms with Crippen LogP contribution in [0, 0.1) is 12.8 Å². The lowest BCUT2D eigenvalue weighted by molar-refractivity contribution is -0.139. The predicted octanol–water partition coefficient (Wildman–Crippen LogP) is 0.556. The lowest BCUT2D eigenvalue weighted by Crippen LogP contribution is -2.55. The summed E-state index contributed by atoms with van der Waals surface area (Å²) in [5.41, 5.74) is 8.22. The van der Waals surface area contributed by atoms with Gasteiger partial charge in [0.2, 0.25) is 23.6 Å². The minimum absolute atomic E-state index is 0.00153. The SMILES string of the molecule is Cc1nnc(C2(N(C)C(=O)C3NNC4CCN(C(=O)C5Cc6ccccc6N5)CC43)CC2)o1. The van der Waals surface area contributed by atoms with Gasteiger partial charge >= 0.3 is 0 Å². The van der Waals surface area contributed by atoms with Gasteiger partial charge in [-0.15, -0.1) is 10.2 Å². The first-order chi connectivity index (χ1) is 16.0. The lowest BCUT2D eigenvalue weighted by atomic mass is 9.87. The molecule has 2 amide bonds. The van der Waals surface area contributed by atoms with E-state index in [-0.39, 0.29) is 29.8 Å². The van der Waals surface area contributed by atoms with E-state index in [1.165, 1.54) is 5.56 Å². The number of hydrogen-bond donors (Lipinski definition) is 3. The van der Waals surface area contributed by atoms with Gasteiger partial charge in [-0.25, -0.2) is 5.43 Å². The number of para-hydroxylation sites is 1. The molecule has 6 rings (SSSR count). The molecule has 33 heavy (non-hydrogen) atoms. The zero-order valence-electron chi connectivity index (χ0n) is 18.9. The van der Waals surface area contributed by atoms with E-state index in [9.17, 15) is 9.59 Å². The highest BCUT2D eigenvalue weighted by Gasteiger charge is 2.57. The van der Waals surface area contributed by atoms with E-state index in [2.05, 4.69) is 32.4 Å². The Morgan fingerprint density at radius 2 is 2.03 bits per heavy atom. The summed E-state index contributed by atoms with van der Waals surface area (Å²) in [4.78, 5) is 30.6. The van der Waals surface area contributed by atoms with E-state index >= 15 is 0 Å². The van der Waals surface area contributed by atoms with E-state index in [4.69, 9.17) is 4.42 Å². The molecule has 10 nitrogen and oxygen atoms in total. The highest BCUT2D eigenvalue weighted by Crippen LogP contribution is 2.50. The highest BCUT2D eigenvalue weighted by molar-refractivity contribution is 5.88. The number of aromatic nitrogens is 2. The van der Waals surface area contributed by atoms with Gasteiger partial charge in [-0.1, -0.05) is 18.2 Å². The van der Waals surface area contributed by atoms with Crippen LogP contribution in [0.5, 0.6) is 0 Å². The molecule has 3 fully saturated rings. The lowest BCUT2D eigenvalue weighted by Gasteiger charge is -2.38. The first-order valence-electron chi connectivity index (χ1n) is 11.7. The van der Waals surface area contributed by atoms with E-state index in [1.54, 1.807) is 11.8 Å². The third kappa shape index (κ3) is 3.31. The summed E-state index contributed by atoms with van der Waals surface area (Å²) in [6.45, 7) is 2.99. The van der Waals surface area contributed by atoms with Gasteiger partial charge in [0.1, 0.15) is 17.6 Å². The molecule has 10 heteroatoms. The van der Waals surface area contributed by atoms with E-state index < -0.39 is 11.6 Å². The number of nitrogens with zero attached hydrogens (tertiary/aromatic N) is 4. The fourth-order valence-corrected chi connectivity index (χ4v) is 5.63. The van der Waals surface area contributed by atoms with Crippen LogP contribution in [0.15, 0.2) is 28.7 Å². The first-order valence-corrected chi connectivity index (χ1v) is 11.7. The second-order valence-corrected chi connectivity index (χ2v) is 9.72. The average Bonchev–Trinajstić information content (AvgIpc) is 3.15. The Balaban J connectivity index is 1.15. The molecule has 4 atom stereocenters. The number of benzene rings is 1. The molecular weight excluding hydrogens is 422 g/mol. The highest BCUT2D eigenvalue weighted by atomic mass is 16.4. The zero-order chi connectivity index (χ0) is 22.7. The Hall–Kier alpha value is -2.98. The van der Waals surface area contributed by atoms with Crippen LogP contribution < -0.4 is 16.2 Å². The molecule has 1 aromatic carbocycles. The molecule has 0 radical (unpaired) electrons. The maximum absolute atomic E-state index is 13.6. The van der Waals surface area contributed by atoms with Crippen molar-refractivity contribution in [2.75, 3.05) is 25.5 Å². The Kier molecular flexibility index (Phi) is 4.70. The van der Waals surface area contributed by atoms with Crippen LogP contribution in [0.25, 0.3) is 0 Å². The molecule has 174 valence electrons. The number of rotatable bonds is 4. The van der Waals surface area contributed by atoms with Crippen molar-refractivity contribution in [2.24, 2.45) is 5.92 Å². The Morgan fingerprint density at radius 1 is 1.21 bits per heavy atom. The van der Waals surface area contributed by atoms with Gasteiger partial charge in [-0.2, -0.15) is 0 Å². The normalized spacial score (nSPS) is 29.2. The van der Waals surface area contributed by atoms with Crippen molar-refractivity contribution in [3.8, 4) is 0 Å². The topological polar surface area (TPSA) is 116 Å². The van der Waals surface area contributed by atoms with Crippen molar-refractivity contribution in [3.05, 3.63) is 41.6 Å². The van der Waals surface area contributed by atoms with Crippen LogP contribution >= 0.6 is 0 Å². The van der Waals surface area contributed by atoms with Gasteiger partial charge < -0.3 is 19.5 Å². The van der Waals surface area contributed by atoms with Crippen molar-refractivity contribution in [1.82, 2.24) is 30.8 Å². The number of fused-ring (bicyclic) bond motifs is 2. The fraction of sp³-hybridized carbons (Fsp3) is 0.565. The molecule has 0 spiro atoms. The van der Waals surface area contributed by atoms with Gasteiger partial charge in [0, 0.05) is 51.1 Å². The zero-order valence-corrected chi connectivity index (χ0v) is 18.9. The molecular formula is C23H29N7O3. The van der Waals surface area contributed by atoms with Crippen LogP contribution in [0.4, 0.5) is 5.69 Å². The van der Waals surface area contributed by atoms with E-state index in [1.807, 2.05) is 30.1 Å². The molecule has 4 aliphatic rings. The van der Waals surface area contributed by atoms with E-state index in [0.717, 1.165) is 24.9 Å². The number of aryl methyl sites for hydroxylation is 1. The van der Waals surface area contributed by atoms with Crippen LogP contribution in [0.2, 0.25) is 0 Å². The summed E-state index contributed by atoms with van der Waals surface area (Å²) >= 11 is 0. The fourth-order valence-electron chi connectivity index (χ4n) is 5.63. The quantitative estimate of drug-likeness (QED) is 0.618. The van der Waals surface area contributed by atoms with Gasteiger partial charge in [0.25, 0.3) is 0 Å². The largest absolute Gasteiger partial charge is 0.423 e. The van der Waals surface area contributed by atoms with Gasteiger partial charge in [-0.05, 0) is 30.9 Å². The van der Waals surface area contributed by atoms with Crippen molar-refractivity contribution >= 4 is 17.5 Å². The number of piperidine rings is 1. The average molecular weight is 452 g/mol. The predicted molar refractivity (Wildman–Crippen MR) is 119 cm³/mol. The standard InChI is InChI=1S/C23H29N7O3/c1-13-25-28-22(33-13)23(8-9-23)29(2)21(32)19-15-12-30(10-7-17(15)26-27-19)20(31)18-11-14-5-3-4-6-16(14)24-18/h3-6,15,17-19,24,26-27H,7-12H2,1-2H3. The third-order valence-corrected chi connectivity index (χ3v) is 7.78. The Morgan fingerprint density at radius 3 is 2.76 bits per heavy atom. The number of carbonyl (C=O) groups is 2. The molecule has 3 aliphatic heterocycles. The van der Waals surface area contributed by atoms with Crippen LogP contribution in [0.3, 0.4) is 0 Å². The molecule has 1 aliphatic carbocycles. The monoisotopic (exact) mass is 451 g/mol. The number of likely N-dealkylation sites (N-methyl/N-ethyl adjacent to an activating group) is 1. The number of hydrazine groups is 1. The summed E-state index contributed by atoms with van der Waals surface area (Å²) in [6.07, 6.45) is 3.13. The van der Waals surface area contributed by atoms with Crippen LogP contribution in [0.1, 0.15) is 36.6 Å². The molecule has 1 aromatic heterocycles. The smallest absolute Gasteiger partial charge is 0.245 e. The number of nitrogens with one attached hydrogen (secondary N) is 3. The van der Waals surface area contributed by atoms with Crippen molar-refractivity contribution in [2.45, 2.75) is 56.3 Å². The second-order valence-electron chi connectivity index (χ2n) is 9.72. The summed E-state index contributed by atoms with van der Waals surface area (Å²) in [6, 6.07) is 7.57. The maximum Gasteiger partial charge on any atom is 0.245 e. The number of anilines is 1. The molecule has 4 unspecified atom stereocenters. The Bertz CT molecular complexity index is 1070. The number of hydrogen-bond acceptors (Lipinski definition) is 8. The number of amides is 2. The van der Waals surface area contributed by atoms with Gasteiger partial charge in [-0.3, -0.25) is 15.0 Å². The van der Waals surface area contributed by atoms with Crippen molar-refractivity contribution in [1.29, 1.82) is 0 Å². The molecule has 3 N–H and O–H groups in total. The summed E-state index contributed by atoms with van der Waals surface area (Å²) in [5.74, 6) is 1.11. The molecule has 2 aromatic rings. The first kappa shape index (κ1) is 20.6. The third-order valence-electron chi connectivity index (χ3n) is 7.78. The van der Waals surface area contributed by atoms with Crippen LogP contribution in [-0.4, -0.2) is 70.1 Å². The molecule has 2 saturated heterocycles. The number of carbonyl (C=O) groups excluding carboxylic acids is 2. The second kappa shape index (κ2) is 7.53. The molecule has 1 saturated carbocycles. The maximum atomic E-state index is 13.6. The van der Waals surface area contributed by atoms with Crippen molar-refractivity contribution < 1.29 is 14.0 Å².